The first kappa shape index (κ1) is 10.0. The van der Waals surface area contributed by atoms with Gasteiger partial charge < -0.3 is 21.5 Å². The van der Waals surface area contributed by atoms with Gasteiger partial charge in [0, 0.05) is 6.92 Å². The number of aromatic nitrogens is 2. The summed E-state index contributed by atoms with van der Waals surface area (Å²) in [5.74, 6) is -0.0141. The molecule has 0 bridgehead atoms. The molecule has 0 saturated heterocycles. The van der Waals surface area contributed by atoms with Crippen LogP contribution in [-0.4, -0.2) is 23.0 Å². The van der Waals surface area contributed by atoms with Crippen LogP contribution in [0.15, 0.2) is 0 Å². The fourth-order valence-electron chi connectivity index (χ4n) is 0.883. The van der Waals surface area contributed by atoms with Gasteiger partial charge in [-0.3, -0.25) is 4.79 Å². The van der Waals surface area contributed by atoms with Crippen LogP contribution < -0.4 is 21.5 Å². The lowest BCUT2D eigenvalue weighted by Crippen LogP contribution is -2.12. The summed E-state index contributed by atoms with van der Waals surface area (Å²) in [5.41, 5.74) is 11.1. The molecule has 0 unspecified atom stereocenters. The van der Waals surface area contributed by atoms with Gasteiger partial charge in [-0.25, -0.2) is 0 Å². The van der Waals surface area contributed by atoms with E-state index in [-0.39, 0.29) is 29.2 Å². The molecule has 5 N–H and O–H groups in total. The molecule has 0 aliphatic rings. The Morgan fingerprint density at radius 3 is 2.57 bits per heavy atom. The minimum atomic E-state index is -0.295. The molecule has 1 rings (SSSR count). The molecule has 0 aliphatic heterocycles. The number of carbonyl (C=O) groups is 1. The van der Waals surface area contributed by atoms with E-state index >= 15 is 0 Å². The molecular weight excluding hydrogens is 186 g/mol. The largest absolute Gasteiger partial charge is 0.479 e. The van der Waals surface area contributed by atoms with Gasteiger partial charge in [0.1, 0.15) is 5.69 Å². The fraction of sp³-hybridized carbons (Fsp3) is 0.286. The second-order valence-electron chi connectivity index (χ2n) is 2.53. The second kappa shape index (κ2) is 3.77. The van der Waals surface area contributed by atoms with Crippen LogP contribution in [0.2, 0.25) is 0 Å². The van der Waals surface area contributed by atoms with Crippen LogP contribution in [0.5, 0.6) is 5.88 Å². The molecule has 1 aromatic rings. The lowest BCUT2D eigenvalue weighted by Gasteiger charge is -2.08. The average molecular weight is 197 g/mol. The summed E-state index contributed by atoms with van der Waals surface area (Å²) in [7, 11) is 1.40. The minimum absolute atomic E-state index is 0.0141. The Balaban J connectivity index is 3.15. The molecule has 0 saturated carbocycles. The Bertz CT molecular complexity index is 365. The molecule has 7 heteroatoms. The highest BCUT2D eigenvalue weighted by atomic mass is 16.5. The van der Waals surface area contributed by atoms with Gasteiger partial charge in [-0.2, -0.15) is 9.97 Å². The normalized spacial score (nSPS) is 9.57. The predicted octanol–water partition coefficient (Wildman–Crippen LogP) is -0.392. The lowest BCUT2D eigenvalue weighted by atomic mass is 10.4. The van der Waals surface area contributed by atoms with E-state index in [4.69, 9.17) is 16.2 Å². The highest BCUT2D eigenvalue weighted by Crippen LogP contribution is 2.25. The van der Waals surface area contributed by atoms with E-state index in [1.807, 2.05) is 0 Å². The van der Waals surface area contributed by atoms with E-state index in [0.717, 1.165) is 0 Å². The van der Waals surface area contributed by atoms with Gasteiger partial charge >= 0.3 is 0 Å². The first-order valence-electron chi connectivity index (χ1n) is 3.79. The number of rotatable bonds is 2. The number of anilines is 3. The van der Waals surface area contributed by atoms with Crippen LogP contribution in [0.25, 0.3) is 0 Å². The fourth-order valence-corrected chi connectivity index (χ4v) is 0.883. The zero-order valence-electron chi connectivity index (χ0n) is 7.87. The van der Waals surface area contributed by atoms with Gasteiger partial charge in [-0.1, -0.05) is 0 Å². The van der Waals surface area contributed by atoms with Crippen molar-refractivity contribution in [1.29, 1.82) is 0 Å². The van der Waals surface area contributed by atoms with Crippen molar-refractivity contribution in [2.24, 2.45) is 0 Å². The number of hydrogen-bond acceptors (Lipinski definition) is 6. The van der Waals surface area contributed by atoms with Crippen molar-refractivity contribution in [3.05, 3.63) is 0 Å². The van der Waals surface area contributed by atoms with E-state index in [2.05, 4.69) is 15.3 Å². The van der Waals surface area contributed by atoms with Crippen molar-refractivity contribution in [3.8, 4) is 5.88 Å². The molecule has 1 heterocycles. The van der Waals surface area contributed by atoms with Crippen molar-refractivity contribution < 1.29 is 9.53 Å². The second-order valence-corrected chi connectivity index (χ2v) is 2.53. The van der Waals surface area contributed by atoms with Crippen LogP contribution in [0, 0.1) is 0 Å². The Morgan fingerprint density at radius 1 is 1.43 bits per heavy atom. The van der Waals surface area contributed by atoms with Crippen molar-refractivity contribution >= 4 is 23.4 Å². The van der Waals surface area contributed by atoms with Crippen LogP contribution in [0.4, 0.5) is 17.5 Å². The molecule has 0 radical (unpaired) electrons. The maximum Gasteiger partial charge on any atom is 0.244 e. The molecule has 7 nitrogen and oxygen atoms in total. The Morgan fingerprint density at radius 2 is 2.07 bits per heavy atom. The third kappa shape index (κ3) is 2.00. The number of hydrogen-bond donors (Lipinski definition) is 3. The number of nitrogen functional groups attached to an aromatic ring is 2. The van der Waals surface area contributed by atoms with E-state index in [1.54, 1.807) is 0 Å². The standard InChI is InChI=1S/C7H11N5O2/c1-3(13)10-5-4(8)6(14-2)12-7(9)11-5/h8H2,1-2H3,(H3,9,10,11,12,13). The predicted molar refractivity (Wildman–Crippen MR) is 51.7 cm³/mol. The van der Waals surface area contributed by atoms with Gasteiger partial charge in [-0.05, 0) is 0 Å². The number of ether oxygens (including phenoxy) is 1. The Labute approximate surface area is 80.5 Å². The third-order valence-electron chi connectivity index (χ3n) is 1.42. The van der Waals surface area contributed by atoms with Crippen molar-refractivity contribution in [1.82, 2.24) is 9.97 Å². The molecular formula is C7H11N5O2. The summed E-state index contributed by atoms with van der Waals surface area (Å²) in [6.07, 6.45) is 0. The van der Waals surface area contributed by atoms with Gasteiger partial charge in [0.2, 0.25) is 17.7 Å². The molecule has 0 fully saturated rings. The summed E-state index contributed by atoms with van der Waals surface area (Å²) >= 11 is 0. The maximum atomic E-state index is 10.8. The summed E-state index contributed by atoms with van der Waals surface area (Å²) in [6.45, 7) is 1.34. The number of nitrogens with two attached hydrogens (primary N) is 2. The summed E-state index contributed by atoms with van der Waals surface area (Å²) in [5, 5.41) is 2.41. The minimum Gasteiger partial charge on any atom is -0.479 e. The molecule has 76 valence electrons. The number of nitrogens with zero attached hydrogens (tertiary/aromatic N) is 2. The third-order valence-corrected chi connectivity index (χ3v) is 1.42. The molecule has 0 aromatic carbocycles. The zero-order valence-corrected chi connectivity index (χ0v) is 7.87. The van der Waals surface area contributed by atoms with E-state index in [9.17, 15) is 4.79 Å². The molecule has 1 amide bonds. The number of methoxy groups -OCH3 is 1. The number of carbonyl (C=O) groups excluding carboxylic acids is 1. The van der Waals surface area contributed by atoms with Crippen LogP contribution in [0.3, 0.4) is 0 Å². The zero-order chi connectivity index (χ0) is 10.7. The smallest absolute Gasteiger partial charge is 0.244 e. The highest BCUT2D eigenvalue weighted by molar-refractivity contribution is 5.91. The van der Waals surface area contributed by atoms with E-state index in [1.165, 1.54) is 14.0 Å². The van der Waals surface area contributed by atoms with Gasteiger partial charge in [-0.15, -0.1) is 0 Å². The number of nitrogens with one attached hydrogen (secondary N) is 1. The summed E-state index contributed by atoms with van der Waals surface area (Å²) < 4.78 is 4.84. The molecule has 0 aliphatic carbocycles. The molecule has 0 spiro atoms. The SMILES string of the molecule is COc1nc(N)nc(NC(C)=O)c1N. The molecule has 1 aromatic heterocycles. The van der Waals surface area contributed by atoms with Crippen LogP contribution in [0.1, 0.15) is 6.92 Å². The van der Waals surface area contributed by atoms with Crippen molar-refractivity contribution in [3.63, 3.8) is 0 Å². The molecule has 14 heavy (non-hydrogen) atoms. The van der Waals surface area contributed by atoms with Crippen molar-refractivity contribution in [2.45, 2.75) is 6.92 Å². The Kier molecular flexibility index (Phi) is 2.70. The van der Waals surface area contributed by atoms with Gasteiger partial charge in [0.05, 0.1) is 7.11 Å². The maximum absolute atomic E-state index is 10.8. The van der Waals surface area contributed by atoms with E-state index in [0.29, 0.717) is 0 Å². The van der Waals surface area contributed by atoms with Crippen LogP contribution >= 0.6 is 0 Å². The summed E-state index contributed by atoms with van der Waals surface area (Å²) in [6, 6.07) is 0. The van der Waals surface area contributed by atoms with Gasteiger partial charge in [0.15, 0.2) is 5.82 Å². The highest BCUT2D eigenvalue weighted by Gasteiger charge is 2.11. The monoisotopic (exact) mass is 197 g/mol. The first-order valence-corrected chi connectivity index (χ1v) is 3.79. The average Bonchev–Trinajstić information content (AvgIpc) is 2.09. The number of amides is 1. The topological polar surface area (TPSA) is 116 Å². The Hall–Kier alpha value is -2.05. The lowest BCUT2D eigenvalue weighted by molar-refractivity contribution is -0.114. The first-order chi connectivity index (χ1) is 6.54. The molecule has 0 atom stereocenters. The van der Waals surface area contributed by atoms with Crippen LogP contribution in [-0.2, 0) is 4.79 Å². The quantitative estimate of drug-likeness (QED) is 0.594. The van der Waals surface area contributed by atoms with Crippen molar-refractivity contribution in [2.75, 3.05) is 23.9 Å². The summed E-state index contributed by atoms with van der Waals surface area (Å²) in [4.78, 5) is 18.2. The van der Waals surface area contributed by atoms with E-state index < -0.39 is 0 Å². The van der Waals surface area contributed by atoms with Gasteiger partial charge in [0.25, 0.3) is 0 Å².